The molecule has 1 aliphatic carbocycles. The van der Waals surface area contributed by atoms with Gasteiger partial charge in [-0.25, -0.2) is 9.97 Å². The van der Waals surface area contributed by atoms with Crippen LogP contribution in [0.4, 0.5) is 5.82 Å². The van der Waals surface area contributed by atoms with Gasteiger partial charge < -0.3 is 9.80 Å². The van der Waals surface area contributed by atoms with Crippen molar-refractivity contribution in [2.45, 2.75) is 77.6 Å². The zero-order valence-corrected chi connectivity index (χ0v) is 22.1. The highest BCUT2D eigenvalue weighted by atomic mass is 32.1. The van der Waals surface area contributed by atoms with Crippen LogP contribution in [0.25, 0.3) is 10.2 Å². The molecule has 1 aromatic carbocycles. The molecule has 0 spiro atoms. The Morgan fingerprint density at radius 1 is 1.00 bits per heavy atom. The number of benzene rings is 1. The van der Waals surface area contributed by atoms with Crippen molar-refractivity contribution in [1.82, 2.24) is 14.9 Å². The Labute approximate surface area is 213 Å². The predicted molar refractivity (Wildman–Crippen MR) is 146 cm³/mol. The van der Waals surface area contributed by atoms with E-state index in [9.17, 15) is 4.79 Å². The highest BCUT2D eigenvalue weighted by molar-refractivity contribution is 7.19. The van der Waals surface area contributed by atoms with Crippen LogP contribution in [-0.2, 0) is 24.1 Å². The highest BCUT2D eigenvalue weighted by Crippen LogP contribution is 2.39. The van der Waals surface area contributed by atoms with E-state index in [-0.39, 0.29) is 11.8 Å². The minimum Gasteiger partial charge on any atom is -0.352 e. The van der Waals surface area contributed by atoms with Crippen LogP contribution < -0.4 is 4.90 Å². The third-order valence-corrected chi connectivity index (χ3v) is 8.83. The maximum absolute atomic E-state index is 13.4. The lowest BCUT2D eigenvalue weighted by Crippen LogP contribution is -2.50. The summed E-state index contributed by atoms with van der Waals surface area (Å²) in [5.41, 5.74) is 2.63. The van der Waals surface area contributed by atoms with Crippen molar-refractivity contribution < 1.29 is 4.79 Å². The van der Waals surface area contributed by atoms with E-state index >= 15 is 0 Å². The largest absolute Gasteiger partial charge is 0.352 e. The Kier molecular flexibility index (Phi) is 7.66. The SMILES string of the molecule is CCCCc1nc(N2CCN(C(=O)[C@@H](CC)c3ccccc3)CC2)c2c3c(sc2n1)CCCCC3. The van der Waals surface area contributed by atoms with E-state index in [4.69, 9.17) is 9.97 Å². The molecular weight excluding hydrogens is 452 g/mol. The number of carbonyl (C=O) groups excluding carboxylic acids is 1. The van der Waals surface area contributed by atoms with Crippen molar-refractivity contribution in [1.29, 1.82) is 0 Å². The molecule has 1 aliphatic heterocycles. The molecule has 5 rings (SSSR count). The van der Waals surface area contributed by atoms with Crippen LogP contribution in [0.15, 0.2) is 30.3 Å². The van der Waals surface area contributed by atoms with Gasteiger partial charge in [0.25, 0.3) is 0 Å². The molecule has 0 saturated carbocycles. The fourth-order valence-corrected chi connectivity index (χ4v) is 6.91. The summed E-state index contributed by atoms with van der Waals surface area (Å²) >= 11 is 1.91. The second-order valence-electron chi connectivity index (χ2n) is 10.00. The number of thiophene rings is 1. The van der Waals surface area contributed by atoms with Crippen molar-refractivity contribution in [3.05, 3.63) is 52.2 Å². The standard InChI is InChI=1S/C29H38N4OS/c1-3-5-16-25-30-27(26-23-14-10-7-11-15-24(23)35-28(26)31-25)32-17-19-33(20-18-32)29(34)22(4-2)21-12-8-6-9-13-21/h6,8-9,12-13,22H,3-5,7,10-11,14-20H2,1-2H3/t22-/m0/s1. The van der Waals surface area contributed by atoms with Crippen molar-refractivity contribution >= 4 is 33.3 Å². The maximum Gasteiger partial charge on any atom is 0.230 e. The summed E-state index contributed by atoms with van der Waals surface area (Å²) in [4.78, 5) is 30.8. The second-order valence-corrected chi connectivity index (χ2v) is 11.1. The summed E-state index contributed by atoms with van der Waals surface area (Å²) in [7, 11) is 0. The van der Waals surface area contributed by atoms with E-state index in [0.29, 0.717) is 0 Å². The number of amides is 1. The number of fused-ring (bicyclic) bond motifs is 3. The average molecular weight is 491 g/mol. The Morgan fingerprint density at radius 3 is 2.51 bits per heavy atom. The van der Waals surface area contributed by atoms with Crippen LogP contribution in [0.1, 0.15) is 80.1 Å². The molecule has 35 heavy (non-hydrogen) atoms. The fourth-order valence-electron chi connectivity index (χ4n) is 5.63. The van der Waals surface area contributed by atoms with Gasteiger partial charge in [0.15, 0.2) is 0 Å². The number of hydrogen-bond donors (Lipinski definition) is 0. The van der Waals surface area contributed by atoms with Gasteiger partial charge in [0.2, 0.25) is 5.91 Å². The zero-order chi connectivity index (χ0) is 24.2. The molecule has 3 aromatic rings. The van der Waals surface area contributed by atoms with Gasteiger partial charge in [-0.2, -0.15) is 0 Å². The van der Waals surface area contributed by atoms with E-state index in [2.05, 4.69) is 35.8 Å². The van der Waals surface area contributed by atoms with E-state index in [0.717, 1.165) is 75.5 Å². The van der Waals surface area contributed by atoms with Crippen LogP contribution >= 0.6 is 11.3 Å². The highest BCUT2D eigenvalue weighted by Gasteiger charge is 2.30. The first kappa shape index (κ1) is 24.2. The summed E-state index contributed by atoms with van der Waals surface area (Å²) in [5.74, 6) is 2.32. The van der Waals surface area contributed by atoms with Gasteiger partial charge in [-0.3, -0.25) is 4.79 Å². The molecule has 0 radical (unpaired) electrons. The first-order chi connectivity index (χ1) is 17.2. The minimum absolute atomic E-state index is 0.0539. The van der Waals surface area contributed by atoms with E-state index in [1.54, 1.807) is 0 Å². The number of unbranched alkanes of at least 4 members (excludes halogenated alkanes) is 1. The van der Waals surface area contributed by atoms with Crippen LogP contribution in [0, 0.1) is 0 Å². The van der Waals surface area contributed by atoms with Gasteiger partial charge in [0, 0.05) is 37.5 Å². The number of carbonyl (C=O) groups is 1. The van der Waals surface area contributed by atoms with Crippen LogP contribution in [0.3, 0.4) is 0 Å². The molecule has 0 N–H and O–H groups in total. The van der Waals surface area contributed by atoms with Gasteiger partial charge in [-0.05, 0) is 49.7 Å². The Bertz CT molecular complexity index is 1150. The number of nitrogens with zero attached hydrogens (tertiary/aromatic N) is 4. The van der Waals surface area contributed by atoms with Crippen LogP contribution in [0.2, 0.25) is 0 Å². The first-order valence-corrected chi connectivity index (χ1v) is 14.4. The quantitative estimate of drug-likeness (QED) is 0.373. The molecular formula is C29H38N4OS. The van der Waals surface area contributed by atoms with Crippen molar-refractivity contribution in [3.8, 4) is 0 Å². The molecule has 5 nitrogen and oxygen atoms in total. The predicted octanol–water partition coefficient (Wildman–Crippen LogP) is 6.15. The molecule has 1 atom stereocenters. The summed E-state index contributed by atoms with van der Waals surface area (Å²) in [6.45, 7) is 7.52. The van der Waals surface area contributed by atoms with Crippen molar-refractivity contribution in [2.75, 3.05) is 31.1 Å². The normalized spacial score (nSPS) is 17.3. The zero-order valence-electron chi connectivity index (χ0n) is 21.3. The van der Waals surface area contributed by atoms with Gasteiger partial charge in [-0.15, -0.1) is 11.3 Å². The molecule has 1 amide bonds. The molecule has 3 heterocycles. The van der Waals surface area contributed by atoms with Crippen molar-refractivity contribution in [2.24, 2.45) is 0 Å². The van der Waals surface area contributed by atoms with Crippen LogP contribution in [0.5, 0.6) is 0 Å². The molecule has 2 aliphatic rings. The molecule has 1 fully saturated rings. The van der Waals surface area contributed by atoms with Gasteiger partial charge in [-0.1, -0.05) is 57.0 Å². The number of anilines is 1. The summed E-state index contributed by atoms with van der Waals surface area (Å²) in [6.07, 6.45) is 10.2. The molecule has 6 heteroatoms. The van der Waals surface area contributed by atoms with Gasteiger partial charge >= 0.3 is 0 Å². The van der Waals surface area contributed by atoms with Crippen LogP contribution in [-0.4, -0.2) is 47.0 Å². The number of aromatic nitrogens is 2. The van der Waals surface area contributed by atoms with E-state index in [1.807, 2.05) is 29.5 Å². The number of piperazine rings is 1. The molecule has 0 bridgehead atoms. The number of rotatable bonds is 7. The minimum atomic E-state index is -0.0539. The third-order valence-electron chi connectivity index (χ3n) is 7.64. The topological polar surface area (TPSA) is 49.3 Å². The molecule has 1 saturated heterocycles. The van der Waals surface area contributed by atoms with Crippen molar-refractivity contribution in [3.63, 3.8) is 0 Å². The molecule has 186 valence electrons. The Morgan fingerprint density at radius 2 is 1.77 bits per heavy atom. The monoisotopic (exact) mass is 490 g/mol. The second kappa shape index (κ2) is 11.1. The lowest BCUT2D eigenvalue weighted by molar-refractivity contribution is -0.133. The smallest absolute Gasteiger partial charge is 0.230 e. The Hall–Kier alpha value is -2.47. The number of hydrogen-bond acceptors (Lipinski definition) is 5. The summed E-state index contributed by atoms with van der Waals surface area (Å²) < 4.78 is 0. The Balaban J connectivity index is 1.39. The van der Waals surface area contributed by atoms with Gasteiger partial charge in [0.05, 0.1) is 11.3 Å². The number of aryl methyl sites for hydroxylation is 3. The molecule has 2 aromatic heterocycles. The lowest BCUT2D eigenvalue weighted by atomic mass is 9.95. The third kappa shape index (κ3) is 5.09. The first-order valence-electron chi connectivity index (χ1n) is 13.6. The summed E-state index contributed by atoms with van der Waals surface area (Å²) in [6, 6.07) is 10.2. The van der Waals surface area contributed by atoms with E-state index < -0.39 is 0 Å². The fraction of sp³-hybridized carbons (Fsp3) is 0.552. The summed E-state index contributed by atoms with van der Waals surface area (Å²) in [5, 5.41) is 1.31. The average Bonchev–Trinajstić information content (AvgIpc) is 3.08. The van der Waals surface area contributed by atoms with Gasteiger partial charge in [0.1, 0.15) is 16.5 Å². The molecule has 0 unspecified atom stereocenters. The maximum atomic E-state index is 13.4. The lowest BCUT2D eigenvalue weighted by Gasteiger charge is -2.37. The van der Waals surface area contributed by atoms with E-state index in [1.165, 1.54) is 46.3 Å².